The van der Waals surface area contributed by atoms with Crippen LogP contribution in [-0.2, 0) is 47.4 Å². The summed E-state index contributed by atoms with van der Waals surface area (Å²) in [5.41, 5.74) is 0. The van der Waals surface area contributed by atoms with Gasteiger partial charge in [0.15, 0.2) is 0 Å². The first-order valence-electron chi connectivity index (χ1n) is 15.6. The molecule has 0 atom stereocenters. The predicted molar refractivity (Wildman–Crippen MR) is 161 cm³/mol. The SMILES string of the molecule is c1ccc(OCCOCCOCCOCCOCCOCCOCCOCCOCCOCCOC2CCNCC2)cc1. The highest BCUT2D eigenvalue weighted by Crippen LogP contribution is 2.08. The largest absolute Gasteiger partial charge is 0.491 e. The highest BCUT2D eigenvalue weighted by molar-refractivity contribution is 5.20. The van der Waals surface area contributed by atoms with E-state index in [1.54, 1.807) is 0 Å². The van der Waals surface area contributed by atoms with E-state index in [1.165, 1.54) is 0 Å². The van der Waals surface area contributed by atoms with Crippen molar-refractivity contribution in [3.8, 4) is 5.75 Å². The third-order valence-electron chi connectivity index (χ3n) is 6.08. The molecule has 0 bridgehead atoms. The molecule has 12 nitrogen and oxygen atoms in total. The zero-order valence-corrected chi connectivity index (χ0v) is 25.9. The van der Waals surface area contributed by atoms with Crippen molar-refractivity contribution in [1.29, 1.82) is 0 Å². The Balaban J connectivity index is 1.13. The fourth-order valence-corrected chi connectivity index (χ4v) is 3.83. The molecule has 1 aliphatic heterocycles. The number of ether oxygens (including phenoxy) is 11. The summed E-state index contributed by atoms with van der Waals surface area (Å²) in [7, 11) is 0. The van der Waals surface area contributed by atoms with Crippen LogP contribution in [0.3, 0.4) is 0 Å². The van der Waals surface area contributed by atoms with Crippen LogP contribution in [0.15, 0.2) is 30.3 Å². The average molecular weight is 618 g/mol. The maximum absolute atomic E-state index is 5.79. The van der Waals surface area contributed by atoms with Crippen LogP contribution < -0.4 is 10.1 Å². The van der Waals surface area contributed by atoms with E-state index in [9.17, 15) is 0 Å². The zero-order chi connectivity index (χ0) is 30.1. The standard InChI is InChI=1S/C31H55NO11/c1-2-4-30(5-3-1)42-28-26-40-24-22-38-20-18-36-16-14-34-12-10-33-11-13-35-15-17-37-19-21-39-23-25-41-27-29-43-31-6-8-32-9-7-31/h1-5,31-32H,6-29H2. The molecule has 0 aliphatic carbocycles. The fourth-order valence-electron chi connectivity index (χ4n) is 3.83. The van der Waals surface area contributed by atoms with E-state index >= 15 is 0 Å². The van der Waals surface area contributed by atoms with Gasteiger partial charge in [-0.25, -0.2) is 0 Å². The summed E-state index contributed by atoms with van der Waals surface area (Å²) in [6.45, 7) is 12.9. The van der Waals surface area contributed by atoms with Gasteiger partial charge in [-0.3, -0.25) is 0 Å². The van der Waals surface area contributed by atoms with Gasteiger partial charge in [0, 0.05) is 0 Å². The fraction of sp³-hybridized carbons (Fsp3) is 0.806. The summed E-state index contributed by atoms with van der Waals surface area (Å²) in [5, 5.41) is 3.33. The van der Waals surface area contributed by atoms with Crippen LogP contribution in [0.25, 0.3) is 0 Å². The van der Waals surface area contributed by atoms with Gasteiger partial charge in [0.05, 0.1) is 132 Å². The minimum Gasteiger partial charge on any atom is -0.491 e. The Bertz CT molecular complexity index is 683. The molecule has 12 heteroatoms. The number of para-hydroxylation sites is 1. The Morgan fingerprint density at radius 1 is 0.419 bits per heavy atom. The van der Waals surface area contributed by atoms with Gasteiger partial charge in [-0.2, -0.15) is 0 Å². The summed E-state index contributed by atoms with van der Waals surface area (Å²) < 4.78 is 60.7. The normalized spacial score (nSPS) is 14.0. The van der Waals surface area contributed by atoms with Crippen LogP contribution in [0.4, 0.5) is 0 Å². The van der Waals surface area contributed by atoms with Crippen molar-refractivity contribution < 1.29 is 52.1 Å². The lowest BCUT2D eigenvalue weighted by molar-refractivity contribution is -0.0322. The van der Waals surface area contributed by atoms with Gasteiger partial charge >= 0.3 is 0 Å². The molecule has 43 heavy (non-hydrogen) atoms. The summed E-state index contributed by atoms with van der Waals surface area (Å²) in [5.74, 6) is 0.847. The van der Waals surface area contributed by atoms with Gasteiger partial charge in [-0.1, -0.05) is 18.2 Å². The van der Waals surface area contributed by atoms with Crippen molar-refractivity contribution in [2.75, 3.05) is 145 Å². The number of piperidine rings is 1. The number of benzene rings is 1. The Morgan fingerprint density at radius 2 is 0.744 bits per heavy atom. The zero-order valence-electron chi connectivity index (χ0n) is 25.9. The Hall–Kier alpha value is -1.42. The van der Waals surface area contributed by atoms with Gasteiger partial charge < -0.3 is 57.4 Å². The quantitative estimate of drug-likeness (QED) is 0.119. The summed E-state index contributed by atoms with van der Waals surface area (Å²) >= 11 is 0. The molecule has 0 unspecified atom stereocenters. The van der Waals surface area contributed by atoms with Crippen LogP contribution in [0, 0.1) is 0 Å². The second-order valence-electron chi connectivity index (χ2n) is 9.49. The Labute approximate surface area is 257 Å². The van der Waals surface area contributed by atoms with Gasteiger partial charge in [0.25, 0.3) is 0 Å². The van der Waals surface area contributed by atoms with E-state index in [1.807, 2.05) is 30.3 Å². The number of nitrogens with one attached hydrogen (secondary N) is 1. The molecule has 2 rings (SSSR count). The lowest BCUT2D eigenvalue weighted by Gasteiger charge is -2.22. The van der Waals surface area contributed by atoms with E-state index in [-0.39, 0.29) is 0 Å². The predicted octanol–water partition coefficient (Wildman–Crippen LogP) is 1.98. The van der Waals surface area contributed by atoms with Crippen molar-refractivity contribution in [1.82, 2.24) is 5.32 Å². The van der Waals surface area contributed by atoms with E-state index in [2.05, 4.69) is 5.32 Å². The highest BCUT2D eigenvalue weighted by Gasteiger charge is 2.12. The number of rotatable bonds is 32. The topological polar surface area (TPSA) is 114 Å². The molecule has 0 spiro atoms. The molecular formula is C31H55NO11. The molecule has 1 N–H and O–H groups in total. The molecule has 1 aromatic carbocycles. The first kappa shape index (κ1) is 37.8. The number of hydrogen-bond acceptors (Lipinski definition) is 12. The van der Waals surface area contributed by atoms with E-state index in [0.717, 1.165) is 31.7 Å². The molecule has 0 radical (unpaired) electrons. The summed E-state index contributed by atoms with van der Waals surface area (Å²) in [6.07, 6.45) is 2.54. The molecule has 0 aromatic heterocycles. The number of hydrogen-bond donors (Lipinski definition) is 1. The van der Waals surface area contributed by atoms with Gasteiger partial charge in [-0.05, 0) is 38.1 Å². The molecule has 1 aromatic rings. The molecule has 1 heterocycles. The van der Waals surface area contributed by atoms with Crippen LogP contribution in [-0.4, -0.2) is 151 Å². The molecule has 250 valence electrons. The van der Waals surface area contributed by atoms with Crippen molar-refractivity contribution in [3.63, 3.8) is 0 Å². The van der Waals surface area contributed by atoms with Crippen LogP contribution >= 0.6 is 0 Å². The van der Waals surface area contributed by atoms with Gasteiger partial charge in [0.2, 0.25) is 0 Å². The summed E-state index contributed by atoms with van der Waals surface area (Å²) in [6, 6.07) is 9.68. The lowest BCUT2D eigenvalue weighted by Crippen LogP contribution is -2.33. The van der Waals surface area contributed by atoms with Crippen molar-refractivity contribution in [2.45, 2.75) is 18.9 Å². The van der Waals surface area contributed by atoms with Crippen molar-refractivity contribution >= 4 is 0 Å². The van der Waals surface area contributed by atoms with Crippen LogP contribution in [0.5, 0.6) is 5.75 Å². The Morgan fingerprint density at radius 3 is 1.12 bits per heavy atom. The second kappa shape index (κ2) is 30.6. The molecule has 0 amide bonds. The van der Waals surface area contributed by atoms with Gasteiger partial charge in [0.1, 0.15) is 12.4 Å². The maximum atomic E-state index is 5.79. The molecule has 1 saturated heterocycles. The third kappa shape index (κ3) is 25.6. The second-order valence-corrected chi connectivity index (χ2v) is 9.49. The molecular weight excluding hydrogens is 562 g/mol. The minimum absolute atomic E-state index is 0.374. The van der Waals surface area contributed by atoms with E-state index in [4.69, 9.17) is 52.1 Å². The highest BCUT2D eigenvalue weighted by atomic mass is 16.6. The molecule has 1 fully saturated rings. The molecule has 0 saturated carbocycles. The van der Waals surface area contributed by atoms with E-state index in [0.29, 0.717) is 138 Å². The monoisotopic (exact) mass is 617 g/mol. The van der Waals surface area contributed by atoms with E-state index < -0.39 is 0 Å². The molecule has 1 aliphatic rings. The van der Waals surface area contributed by atoms with Crippen molar-refractivity contribution in [3.05, 3.63) is 30.3 Å². The minimum atomic E-state index is 0.374. The first-order chi connectivity index (χ1) is 21.4. The maximum Gasteiger partial charge on any atom is 0.119 e. The third-order valence-corrected chi connectivity index (χ3v) is 6.08. The lowest BCUT2D eigenvalue weighted by atomic mass is 10.1. The van der Waals surface area contributed by atoms with Crippen LogP contribution in [0.1, 0.15) is 12.8 Å². The average Bonchev–Trinajstić information content (AvgIpc) is 3.04. The van der Waals surface area contributed by atoms with Crippen LogP contribution in [0.2, 0.25) is 0 Å². The smallest absolute Gasteiger partial charge is 0.119 e. The first-order valence-corrected chi connectivity index (χ1v) is 15.6. The summed E-state index contributed by atoms with van der Waals surface area (Å²) in [4.78, 5) is 0. The Kier molecular flexibility index (Phi) is 26.9. The van der Waals surface area contributed by atoms with Gasteiger partial charge in [-0.15, -0.1) is 0 Å². The van der Waals surface area contributed by atoms with Crippen molar-refractivity contribution in [2.24, 2.45) is 0 Å².